The van der Waals surface area contributed by atoms with E-state index in [0.717, 1.165) is 13.1 Å². The van der Waals surface area contributed by atoms with Gasteiger partial charge in [0, 0.05) is 38.3 Å². The van der Waals surface area contributed by atoms with Gasteiger partial charge in [0.1, 0.15) is 0 Å². The molecule has 1 aliphatic rings. The number of nitrogens with zero attached hydrogens (tertiary/aromatic N) is 2. The molecule has 0 aliphatic carbocycles. The molecule has 0 aromatic heterocycles. The van der Waals surface area contributed by atoms with Crippen LogP contribution >= 0.6 is 0 Å². The first-order chi connectivity index (χ1) is 12.4. The normalized spacial score (nSPS) is 17.8. The molecule has 2 aromatic rings. The van der Waals surface area contributed by atoms with E-state index in [2.05, 4.69) is 5.32 Å². The van der Waals surface area contributed by atoms with Crippen molar-refractivity contribution in [1.82, 2.24) is 10.2 Å². The van der Waals surface area contributed by atoms with Crippen molar-refractivity contribution in [3.8, 4) is 0 Å². The minimum absolute atomic E-state index is 0.0727. The zero-order valence-corrected chi connectivity index (χ0v) is 15.7. The van der Waals surface area contributed by atoms with Gasteiger partial charge in [0.15, 0.2) is 0 Å². The zero-order chi connectivity index (χ0) is 18.7. The van der Waals surface area contributed by atoms with Crippen molar-refractivity contribution in [3.63, 3.8) is 0 Å². The van der Waals surface area contributed by atoms with Gasteiger partial charge in [-0.3, -0.25) is 9.10 Å². The topological polar surface area (TPSA) is 69.7 Å². The molecule has 26 heavy (non-hydrogen) atoms. The molecule has 3 rings (SSSR count). The summed E-state index contributed by atoms with van der Waals surface area (Å²) < 4.78 is 27.1. The summed E-state index contributed by atoms with van der Waals surface area (Å²) in [6, 6.07) is 15.2. The first-order valence-electron chi connectivity index (χ1n) is 8.57. The maximum Gasteiger partial charge on any atom is 0.264 e. The Labute approximate surface area is 154 Å². The highest BCUT2D eigenvalue weighted by atomic mass is 32.2. The maximum atomic E-state index is 12.9. The van der Waals surface area contributed by atoms with Crippen LogP contribution in [0.1, 0.15) is 17.3 Å². The number of piperazine rings is 1. The Morgan fingerprint density at radius 3 is 2.58 bits per heavy atom. The summed E-state index contributed by atoms with van der Waals surface area (Å²) in [5, 5.41) is 3.24. The molecule has 1 heterocycles. The fraction of sp³-hybridized carbons (Fsp3) is 0.316. The van der Waals surface area contributed by atoms with Crippen LogP contribution < -0.4 is 9.62 Å². The van der Waals surface area contributed by atoms with Crippen molar-refractivity contribution in [2.75, 3.05) is 31.0 Å². The summed E-state index contributed by atoms with van der Waals surface area (Å²) in [4.78, 5) is 14.7. The van der Waals surface area contributed by atoms with Crippen molar-refractivity contribution in [1.29, 1.82) is 0 Å². The van der Waals surface area contributed by atoms with E-state index in [1.165, 1.54) is 23.5 Å². The van der Waals surface area contributed by atoms with Crippen molar-refractivity contribution < 1.29 is 13.2 Å². The molecular weight excluding hydrogens is 350 g/mol. The van der Waals surface area contributed by atoms with Crippen molar-refractivity contribution in [3.05, 3.63) is 60.2 Å². The van der Waals surface area contributed by atoms with Gasteiger partial charge in [-0.25, -0.2) is 8.42 Å². The number of amides is 1. The number of benzene rings is 2. The van der Waals surface area contributed by atoms with Crippen LogP contribution in [0.5, 0.6) is 0 Å². The van der Waals surface area contributed by atoms with Crippen LogP contribution in [0.15, 0.2) is 59.5 Å². The number of anilines is 1. The number of hydrogen-bond acceptors (Lipinski definition) is 4. The van der Waals surface area contributed by atoms with Crippen molar-refractivity contribution >= 4 is 21.6 Å². The minimum atomic E-state index is -3.74. The molecule has 1 N–H and O–H groups in total. The van der Waals surface area contributed by atoms with Crippen LogP contribution in [0.3, 0.4) is 0 Å². The number of para-hydroxylation sites is 1. The highest BCUT2D eigenvalue weighted by Gasteiger charge is 2.26. The molecule has 1 atom stereocenters. The predicted octanol–water partition coefficient (Wildman–Crippen LogP) is 1.95. The smallest absolute Gasteiger partial charge is 0.264 e. The second-order valence-corrected chi connectivity index (χ2v) is 8.36. The molecule has 138 valence electrons. The SMILES string of the molecule is CC1CNCCN1C(=O)c1cccc(S(=O)(=O)N(C)c2ccccc2)c1. The molecule has 1 unspecified atom stereocenters. The average molecular weight is 373 g/mol. The quantitative estimate of drug-likeness (QED) is 0.889. The molecule has 0 saturated carbocycles. The van der Waals surface area contributed by atoms with Gasteiger partial charge in [0.05, 0.1) is 10.6 Å². The maximum absolute atomic E-state index is 12.9. The van der Waals surface area contributed by atoms with E-state index in [1.54, 1.807) is 41.3 Å². The van der Waals surface area contributed by atoms with E-state index >= 15 is 0 Å². The predicted molar refractivity (Wildman–Crippen MR) is 102 cm³/mol. The molecule has 0 spiro atoms. The van der Waals surface area contributed by atoms with Crippen LogP contribution in [0, 0.1) is 0 Å². The number of sulfonamides is 1. The van der Waals surface area contributed by atoms with Gasteiger partial charge in [-0.15, -0.1) is 0 Å². The van der Waals surface area contributed by atoms with E-state index < -0.39 is 10.0 Å². The lowest BCUT2D eigenvalue weighted by Crippen LogP contribution is -2.52. The Morgan fingerprint density at radius 2 is 1.88 bits per heavy atom. The molecule has 6 nitrogen and oxygen atoms in total. The van der Waals surface area contributed by atoms with Gasteiger partial charge in [0.2, 0.25) is 0 Å². The van der Waals surface area contributed by atoms with Gasteiger partial charge in [-0.1, -0.05) is 24.3 Å². The van der Waals surface area contributed by atoms with E-state index in [9.17, 15) is 13.2 Å². The van der Waals surface area contributed by atoms with Crippen LogP contribution in [0.25, 0.3) is 0 Å². The Kier molecular flexibility index (Phi) is 5.29. The third-order valence-corrected chi connectivity index (χ3v) is 6.40. The lowest BCUT2D eigenvalue weighted by Gasteiger charge is -2.34. The molecule has 1 aliphatic heterocycles. The van der Waals surface area contributed by atoms with Crippen LogP contribution in [0.2, 0.25) is 0 Å². The zero-order valence-electron chi connectivity index (χ0n) is 14.9. The van der Waals surface area contributed by atoms with Gasteiger partial charge < -0.3 is 10.2 Å². The lowest BCUT2D eigenvalue weighted by molar-refractivity contribution is 0.0655. The monoisotopic (exact) mass is 373 g/mol. The fourth-order valence-electron chi connectivity index (χ4n) is 3.03. The van der Waals surface area contributed by atoms with Crippen LogP contribution in [0.4, 0.5) is 5.69 Å². The standard InChI is InChI=1S/C19H23N3O3S/c1-15-14-20-11-12-22(15)19(23)16-7-6-10-18(13-16)26(24,25)21(2)17-8-4-3-5-9-17/h3-10,13,15,20H,11-12,14H2,1-2H3. The van der Waals surface area contributed by atoms with Gasteiger partial charge in [0.25, 0.3) is 15.9 Å². The summed E-state index contributed by atoms with van der Waals surface area (Å²) in [5.74, 6) is -0.140. The first-order valence-corrected chi connectivity index (χ1v) is 10.0. The fourth-order valence-corrected chi connectivity index (χ4v) is 4.27. The first kappa shape index (κ1) is 18.4. The minimum Gasteiger partial charge on any atom is -0.333 e. The number of hydrogen-bond donors (Lipinski definition) is 1. The number of rotatable bonds is 4. The van der Waals surface area contributed by atoms with E-state index in [-0.39, 0.29) is 16.8 Å². The summed E-state index contributed by atoms with van der Waals surface area (Å²) in [6.07, 6.45) is 0. The molecular formula is C19H23N3O3S. The molecule has 7 heteroatoms. The van der Waals surface area contributed by atoms with Crippen LogP contribution in [-0.4, -0.2) is 51.9 Å². The number of nitrogens with one attached hydrogen (secondary N) is 1. The third-order valence-electron chi connectivity index (χ3n) is 4.62. The Morgan fingerprint density at radius 1 is 1.15 bits per heavy atom. The molecule has 1 amide bonds. The Balaban J connectivity index is 1.90. The summed E-state index contributed by atoms with van der Waals surface area (Å²) in [7, 11) is -2.23. The number of carbonyl (C=O) groups excluding carboxylic acids is 1. The highest BCUT2D eigenvalue weighted by molar-refractivity contribution is 7.92. The van der Waals surface area contributed by atoms with E-state index in [0.29, 0.717) is 17.8 Å². The van der Waals surface area contributed by atoms with Crippen molar-refractivity contribution in [2.45, 2.75) is 17.9 Å². The molecule has 0 radical (unpaired) electrons. The average Bonchev–Trinajstić information content (AvgIpc) is 2.68. The van der Waals surface area contributed by atoms with E-state index in [4.69, 9.17) is 0 Å². The second-order valence-electron chi connectivity index (χ2n) is 6.39. The second kappa shape index (κ2) is 7.47. The Bertz CT molecular complexity index is 884. The largest absolute Gasteiger partial charge is 0.333 e. The van der Waals surface area contributed by atoms with Gasteiger partial charge in [-0.2, -0.15) is 0 Å². The van der Waals surface area contributed by atoms with E-state index in [1.807, 2.05) is 13.0 Å². The molecule has 1 saturated heterocycles. The van der Waals surface area contributed by atoms with Gasteiger partial charge in [-0.05, 0) is 37.3 Å². The molecule has 0 bridgehead atoms. The Hall–Kier alpha value is -2.38. The number of carbonyl (C=O) groups is 1. The summed E-state index contributed by atoms with van der Waals surface area (Å²) >= 11 is 0. The van der Waals surface area contributed by atoms with Gasteiger partial charge >= 0.3 is 0 Å². The van der Waals surface area contributed by atoms with Crippen molar-refractivity contribution in [2.24, 2.45) is 0 Å². The summed E-state index contributed by atoms with van der Waals surface area (Å²) in [5.41, 5.74) is 0.959. The highest BCUT2D eigenvalue weighted by Crippen LogP contribution is 2.23. The molecule has 1 fully saturated rings. The van der Waals surface area contributed by atoms with Crippen LogP contribution in [-0.2, 0) is 10.0 Å². The summed E-state index contributed by atoms with van der Waals surface area (Å²) in [6.45, 7) is 4.07. The molecule has 2 aromatic carbocycles. The lowest BCUT2D eigenvalue weighted by atomic mass is 10.1. The third kappa shape index (κ3) is 3.59.